The van der Waals surface area contributed by atoms with Gasteiger partial charge < -0.3 is 9.15 Å². The predicted molar refractivity (Wildman–Crippen MR) is 81.3 cm³/mol. The fourth-order valence-corrected chi connectivity index (χ4v) is 2.86. The second-order valence-electron chi connectivity index (χ2n) is 4.57. The molecule has 0 aliphatic heterocycles. The minimum absolute atomic E-state index is 0.288. The first-order valence-electron chi connectivity index (χ1n) is 5.99. The molecule has 0 aliphatic rings. The standard InChI is InChI=1S/C15H16BrClO2/c1-8-5-14(18-4)12(7-13(8)16)15(17)11-6-9(2)19-10(11)3/h5-7,15H,1-4H3. The molecule has 0 bridgehead atoms. The van der Waals surface area contributed by atoms with E-state index in [1.807, 2.05) is 39.0 Å². The molecule has 0 saturated carbocycles. The number of hydrogen-bond acceptors (Lipinski definition) is 2. The third-order valence-corrected chi connectivity index (χ3v) is 4.46. The van der Waals surface area contributed by atoms with Gasteiger partial charge in [0.2, 0.25) is 0 Å². The molecule has 102 valence electrons. The first kappa shape index (κ1) is 14.5. The molecule has 1 aromatic heterocycles. The third kappa shape index (κ3) is 2.82. The summed E-state index contributed by atoms with van der Waals surface area (Å²) in [5.74, 6) is 2.50. The Morgan fingerprint density at radius 3 is 2.37 bits per heavy atom. The highest BCUT2D eigenvalue weighted by Gasteiger charge is 2.21. The zero-order valence-corrected chi connectivity index (χ0v) is 13.7. The van der Waals surface area contributed by atoms with Crippen LogP contribution in [0.25, 0.3) is 0 Å². The highest BCUT2D eigenvalue weighted by molar-refractivity contribution is 9.10. The molecule has 1 heterocycles. The molecular formula is C15H16BrClO2. The third-order valence-electron chi connectivity index (χ3n) is 3.14. The van der Waals surface area contributed by atoms with E-state index >= 15 is 0 Å². The summed E-state index contributed by atoms with van der Waals surface area (Å²) in [5, 5.41) is -0.288. The van der Waals surface area contributed by atoms with E-state index < -0.39 is 0 Å². The average molecular weight is 344 g/mol. The van der Waals surface area contributed by atoms with E-state index in [-0.39, 0.29) is 5.38 Å². The zero-order chi connectivity index (χ0) is 14.2. The molecular weight excluding hydrogens is 328 g/mol. The molecule has 0 fully saturated rings. The van der Waals surface area contributed by atoms with Crippen molar-refractivity contribution in [2.45, 2.75) is 26.1 Å². The molecule has 4 heteroatoms. The second-order valence-corrected chi connectivity index (χ2v) is 5.87. The largest absolute Gasteiger partial charge is 0.496 e. The molecule has 2 nitrogen and oxygen atoms in total. The number of methoxy groups -OCH3 is 1. The van der Waals surface area contributed by atoms with Crippen molar-refractivity contribution in [2.24, 2.45) is 0 Å². The van der Waals surface area contributed by atoms with Crippen molar-refractivity contribution in [1.82, 2.24) is 0 Å². The van der Waals surface area contributed by atoms with Gasteiger partial charge in [-0.3, -0.25) is 0 Å². The Labute approximate surface area is 126 Å². The van der Waals surface area contributed by atoms with Gasteiger partial charge in [0.05, 0.1) is 12.5 Å². The number of benzene rings is 1. The van der Waals surface area contributed by atoms with E-state index in [9.17, 15) is 0 Å². The van der Waals surface area contributed by atoms with Crippen LogP contribution < -0.4 is 4.74 Å². The van der Waals surface area contributed by atoms with Crippen molar-refractivity contribution in [2.75, 3.05) is 7.11 Å². The van der Waals surface area contributed by atoms with E-state index in [0.717, 1.165) is 38.4 Å². The van der Waals surface area contributed by atoms with E-state index in [1.165, 1.54) is 0 Å². The topological polar surface area (TPSA) is 22.4 Å². The first-order valence-corrected chi connectivity index (χ1v) is 7.22. The van der Waals surface area contributed by atoms with Gasteiger partial charge in [0.1, 0.15) is 17.3 Å². The van der Waals surface area contributed by atoms with Crippen LogP contribution in [0.5, 0.6) is 5.75 Å². The van der Waals surface area contributed by atoms with Gasteiger partial charge in [0, 0.05) is 15.6 Å². The molecule has 0 aliphatic carbocycles. The summed E-state index contributed by atoms with van der Waals surface area (Å²) < 4.78 is 12.0. The summed E-state index contributed by atoms with van der Waals surface area (Å²) in [4.78, 5) is 0. The Hall–Kier alpha value is -0.930. The minimum atomic E-state index is -0.288. The number of aryl methyl sites for hydroxylation is 3. The molecule has 0 N–H and O–H groups in total. The predicted octanol–water partition coefficient (Wildman–Crippen LogP) is 5.30. The van der Waals surface area contributed by atoms with Crippen LogP contribution in [0.1, 0.15) is 33.6 Å². The summed E-state index contributed by atoms with van der Waals surface area (Å²) in [6.07, 6.45) is 0. The van der Waals surface area contributed by atoms with E-state index in [4.69, 9.17) is 20.8 Å². The number of furan rings is 1. The fourth-order valence-electron chi connectivity index (χ4n) is 2.11. The Morgan fingerprint density at radius 1 is 1.16 bits per heavy atom. The average Bonchev–Trinajstić information content (AvgIpc) is 2.70. The van der Waals surface area contributed by atoms with E-state index in [0.29, 0.717) is 0 Å². The number of alkyl halides is 1. The van der Waals surface area contributed by atoms with Gasteiger partial charge in [-0.25, -0.2) is 0 Å². The first-order chi connectivity index (χ1) is 8.93. The molecule has 1 unspecified atom stereocenters. The van der Waals surface area contributed by atoms with Crippen LogP contribution in [-0.4, -0.2) is 7.11 Å². The van der Waals surface area contributed by atoms with Crippen molar-refractivity contribution < 1.29 is 9.15 Å². The zero-order valence-electron chi connectivity index (χ0n) is 11.4. The highest BCUT2D eigenvalue weighted by atomic mass is 79.9. The van der Waals surface area contributed by atoms with Gasteiger partial charge in [-0.1, -0.05) is 15.9 Å². The van der Waals surface area contributed by atoms with Crippen molar-refractivity contribution >= 4 is 27.5 Å². The summed E-state index contributed by atoms with van der Waals surface area (Å²) >= 11 is 10.1. The lowest BCUT2D eigenvalue weighted by molar-refractivity contribution is 0.409. The second kappa shape index (κ2) is 5.59. The van der Waals surface area contributed by atoms with Crippen LogP contribution in [0.15, 0.2) is 27.1 Å². The Kier molecular flexibility index (Phi) is 4.26. The van der Waals surface area contributed by atoms with Gasteiger partial charge in [-0.2, -0.15) is 0 Å². The highest BCUT2D eigenvalue weighted by Crippen LogP contribution is 2.39. The summed E-state index contributed by atoms with van der Waals surface area (Å²) in [5.41, 5.74) is 3.03. The maximum Gasteiger partial charge on any atom is 0.124 e. The lowest BCUT2D eigenvalue weighted by Gasteiger charge is -2.15. The Bertz CT molecular complexity index is 604. The van der Waals surface area contributed by atoms with Gasteiger partial charge in [-0.05, 0) is 44.5 Å². The SMILES string of the molecule is COc1cc(C)c(Br)cc1C(Cl)c1cc(C)oc1C. The quantitative estimate of drug-likeness (QED) is 0.705. The minimum Gasteiger partial charge on any atom is -0.496 e. The lowest BCUT2D eigenvalue weighted by atomic mass is 10.0. The van der Waals surface area contributed by atoms with Crippen LogP contribution >= 0.6 is 27.5 Å². The Morgan fingerprint density at radius 2 is 1.84 bits per heavy atom. The molecule has 1 atom stereocenters. The van der Waals surface area contributed by atoms with Crippen LogP contribution in [-0.2, 0) is 0 Å². The number of hydrogen-bond donors (Lipinski definition) is 0. The smallest absolute Gasteiger partial charge is 0.124 e. The normalized spacial score (nSPS) is 12.5. The van der Waals surface area contributed by atoms with Crippen LogP contribution in [0.2, 0.25) is 0 Å². The van der Waals surface area contributed by atoms with Gasteiger partial charge in [0.15, 0.2) is 0 Å². The molecule has 1 aromatic carbocycles. The number of halogens is 2. The van der Waals surface area contributed by atoms with Crippen molar-refractivity contribution in [3.63, 3.8) is 0 Å². The van der Waals surface area contributed by atoms with Gasteiger partial charge in [0.25, 0.3) is 0 Å². The van der Waals surface area contributed by atoms with Crippen molar-refractivity contribution in [3.05, 3.63) is 50.9 Å². The molecule has 0 amide bonds. The summed E-state index contributed by atoms with van der Waals surface area (Å²) in [6, 6.07) is 5.96. The van der Waals surface area contributed by atoms with Gasteiger partial charge in [-0.15, -0.1) is 11.6 Å². The lowest BCUT2D eigenvalue weighted by Crippen LogP contribution is -1.99. The molecule has 2 rings (SSSR count). The molecule has 0 radical (unpaired) electrons. The summed E-state index contributed by atoms with van der Waals surface area (Å²) in [7, 11) is 1.66. The maximum atomic E-state index is 6.60. The number of ether oxygens (including phenoxy) is 1. The number of rotatable bonds is 3. The Balaban J connectivity index is 2.52. The van der Waals surface area contributed by atoms with Crippen LogP contribution in [0.3, 0.4) is 0 Å². The summed E-state index contributed by atoms with van der Waals surface area (Å²) in [6.45, 7) is 5.86. The van der Waals surface area contributed by atoms with Gasteiger partial charge >= 0.3 is 0 Å². The van der Waals surface area contributed by atoms with Crippen LogP contribution in [0, 0.1) is 20.8 Å². The van der Waals surface area contributed by atoms with Crippen molar-refractivity contribution in [1.29, 1.82) is 0 Å². The van der Waals surface area contributed by atoms with Crippen LogP contribution in [0.4, 0.5) is 0 Å². The van der Waals surface area contributed by atoms with E-state index in [1.54, 1.807) is 7.11 Å². The van der Waals surface area contributed by atoms with E-state index in [2.05, 4.69) is 15.9 Å². The van der Waals surface area contributed by atoms with Crippen molar-refractivity contribution in [3.8, 4) is 5.75 Å². The fraction of sp³-hybridized carbons (Fsp3) is 0.333. The molecule has 0 saturated heterocycles. The molecule has 0 spiro atoms. The monoisotopic (exact) mass is 342 g/mol. The molecule has 19 heavy (non-hydrogen) atoms. The maximum absolute atomic E-state index is 6.60. The molecule has 2 aromatic rings.